The number of carboxylic acids is 1. The number of aromatic nitrogens is 2. The minimum Gasteiger partial charge on any atom is -0.478 e. The van der Waals surface area contributed by atoms with Crippen LogP contribution in [0.3, 0.4) is 0 Å². The van der Waals surface area contributed by atoms with E-state index in [0.717, 1.165) is 10.5 Å². The third kappa shape index (κ3) is 2.51. The van der Waals surface area contributed by atoms with Crippen LogP contribution in [0.2, 0.25) is 0 Å². The van der Waals surface area contributed by atoms with Crippen molar-refractivity contribution in [2.45, 2.75) is 11.8 Å². The van der Waals surface area contributed by atoms with Crippen LogP contribution in [0.1, 0.15) is 16.2 Å². The quantitative estimate of drug-likeness (QED) is 0.860. The van der Waals surface area contributed by atoms with Crippen molar-refractivity contribution in [3.8, 4) is 11.3 Å². The first-order valence-corrected chi connectivity index (χ1v) is 6.55. The molecular weight excluding hydrogens is 248 g/mol. The van der Waals surface area contributed by atoms with Crippen molar-refractivity contribution < 1.29 is 9.90 Å². The van der Waals surface area contributed by atoms with Crippen molar-refractivity contribution in [1.82, 2.24) is 9.97 Å². The number of hydrogen-bond donors (Lipinski definition) is 1. The summed E-state index contributed by atoms with van der Waals surface area (Å²) < 4.78 is 0. The van der Waals surface area contributed by atoms with Gasteiger partial charge in [0.2, 0.25) is 0 Å². The molecule has 1 aromatic heterocycles. The Morgan fingerprint density at radius 1 is 1.28 bits per heavy atom. The minimum atomic E-state index is -1.01. The molecule has 2 aromatic rings. The highest BCUT2D eigenvalue weighted by molar-refractivity contribution is 7.98. The van der Waals surface area contributed by atoms with Gasteiger partial charge in [-0.25, -0.2) is 14.8 Å². The Labute approximate surface area is 109 Å². The Hall–Kier alpha value is -1.88. The Morgan fingerprint density at radius 3 is 2.50 bits per heavy atom. The van der Waals surface area contributed by atoms with E-state index in [2.05, 4.69) is 9.97 Å². The maximum Gasteiger partial charge on any atom is 0.339 e. The molecule has 0 atom stereocenters. The van der Waals surface area contributed by atoms with E-state index in [4.69, 9.17) is 5.11 Å². The lowest BCUT2D eigenvalue weighted by atomic mass is 10.1. The Kier molecular flexibility index (Phi) is 3.62. The van der Waals surface area contributed by atoms with Gasteiger partial charge in [0.1, 0.15) is 11.4 Å². The van der Waals surface area contributed by atoms with Crippen molar-refractivity contribution in [2.24, 2.45) is 0 Å². The van der Waals surface area contributed by atoms with Gasteiger partial charge in [-0.2, -0.15) is 0 Å². The number of nitrogens with zero attached hydrogens (tertiary/aromatic N) is 2. The summed E-state index contributed by atoms with van der Waals surface area (Å²) in [6.45, 7) is 1.74. The number of carbonyl (C=O) groups is 1. The zero-order chi connectivity index (χ0) is 13.1. The molecule has 0 aliphatic heterocycles. The van der Waals surface area contributed by atoms with Crippen LogP contribution in [0.15, 0.2) is 35.4 Å². The second-order valence-corrected chi connectivity index (χ2v) is 4.59. The molecule has 0 unspecified atom stereocenters. The fraction of sp³-hybridized carbons (Fsp3) is 0.154. The zero-order valence-corrected chi connectivity index (χ0v) is 10.9. The van der Waals surface area contributed by atoms with E-state index in [1.807, 2.05) is 30.5 Å². The second-order valence-electron chi connectivity index (χ2n) is 3.71. The van der Waals surface area contributed by atoms with Gasteiger partial charge in [0.05, 0.1) is 5.69 Å². The maximum absolute atomic E-state index is 11.1. The molecule has 0 saturated heterocycles. The molecule has 1 aromatic carbocycles. The van der Waals surface area contributed by atoms with Gasteiger partial charge in [-0.05, 0) is 25.3 Å². The lowest BCUT2D eigenvalue weighted by Crippen LogP contribution is -2.04. The van der Waals surface area contributed by atoms with E-state index in [0.29, 0.717) is 11.5 Å². The summed E-state index contributed by atoms with van der Waals surface area (Å²) in [5.74, 6) is -0.456. The molecular formula is C13H12N2O2S. The standard InChI is InChI=1S/C13H12N2O2S/c1-8-14-7-11(13(16)17)12(15-8)9-3-5-10(18-2)6-4-9/h3-7H,1-2H3,(H,16,17). The van der Waals surface area contributed by atoms with E-state index in [9.17, 15) is 4.79 Å². The van der Waals surface area contributed by atoms with Crippen LogP contribution in [0.4, 0.5) is 0 Å². The SMILES string of the molecule is CSc1ccc(-c2nc(C)ncc2C(=O)O)cc1. The highest BCUT2D eigenvalue weighted by Crippen LogP contribution is 2.24. The predicted octanol–water partition coefficient (Wildman–Crippen LogP) is 2.87. The number of rotatable bonds is 3. The molecule has 2 rings (SSSR count). The van der Waals surface area contributed by atoms with Crippen LogP contribution in [0.5, 0.6) is 0 Å². The Bertz CT molecular complexity index is 582. The molecule has 18 heavy (non-hydrogen) atoms. The lowest BCUT2D eigenvalue weighted by Gasteiger charge is -2.06. The monoisotopic (exact) mass is 260 g/mol. The number of carboxylic acid groups (broad SMARTS) is 1. The van der Waals surface area contributed by atoms with Gasteiger partial charge < -0.3 is 5.11 Å². The zero-order valence-electron chi connectivity index (χ0n) is 10.0. The van der Waals surface area contributed by atoms with E-state index < -0.39 is 5.97 Å². The molecule has 0 aliphatic carbocycles. The van der Waals surface area contributed by atoms with Crippen LogP contribution >= 0.6 is 11.8 Å². The maximum atomic E-state index is 11.1. The van der Waals surface area contributed by atoms with E-state index in [-0.39, 0.29) is 5.56 Å². The molecule has 92 valence electrons. The van der Waals surface area contributed by atoms with Crippen molar-refractivity contribution in [3.05, 3.63) is 41.9 Å². The van der Waals surface area contributed by atoms with Crippen molar-refractivity contribution >= 4 is 17.7 Å². The molecule has 0 saturated carbocycles. The van der Waals surface area contributed by atoms with Gasteiger partial charge >= 0.3 is 5.97 Å². The topological polar surface area (TPSA) is 63.1 Å². The van der Waals surface area contributed by atoms with Crippen molar-refractivity contribution in [1.29, 1.82) is 0 Å². The van der Waals surface area contributed by atoms with Gasteiger partial charge in [0.25, 0.3) is 0 Å². The molecule has 1 N–H and O–H groups in total. The van der Waals surface area contributed by atoms with Crippen LogP contribution < -0.4 is 0 Å². The summed E-state index contributed by atoms with van der Waals surface area (Å²) in [7, 11) is 0. The largest absolute Gasteiger partial charge is 0.478 e. The van der Waals surface area contributed by atoms with Crippen LogP contribution in [-0.2, 0) is 0 Å². The molecule has 4 nitrogen and oxygen atoms in total. The molecule has 1 heterocycles. The first kappa shape index (κ1) is 12.6. The van der Waals surface area contributed by atoms with E-state index in [1.54, 1.807) is 18.7 Å². The van der Waals surface area contributed by atoms with Gasteiger partial charge in [-0.1, -0.05) is 12.1 Å². The number of thioether (sulfide) groups is 1. The van der Waals surface area contributed by atoms with Crippen LogP contribution in [-0.4, -0.2) is 27.3 Å². The fourth-order valence-electron chi connectivity index (χ4n) is 1.60. The van der Waals surface area contributed by atoms with Crippen LogP contribution in [0.25, 0.3) is 11.3 Å². The highest BCUT2D eigenvalue weighted by Gasteiger charge is 2.14. The van der Waals surface area contributed by atoms with Crippen molar-refractivity contribution in [2.75, 3.05) is 6.26 Å². The smallest absolute Gasteiger partial charge is 0.339 e. The lowest BCUT2D eigenvalue weighted by molar-refractivity contribution is 0.0697. The Morgan fingerprint density at radius 2 is 1.94 bits per heavy atom. The van der Waals surface area contributed by atoms with Gasteiger partial charge in [-0.3, -0.25) is 0 Å². The highest BCUT2D eigenvalue weighted by atomic mass is 32.2. The third-order valence-electron chi connectivity index (χ3n) is 2.50. The fourth-order valence-corrected chi connectivity index (χ4v) is 2.00. The summed E-state index contributed by atoms with van der Waals surface area (Å²) in [5.41, 5.74) is 1.37. The molecule has 0 bridgehead atoms. The third-order valence-corrected chi connectivity index (χ3v) is 3.25. The second kappa shape index (κ2) is 5.18. The first-order chi connectivity index (χ1) is 8.61. The average Bonchev–Trinajstić information content (AvgIpc) is 2.38. The first-order valence-electron chi connectivity index (χ1n) is 5.33. The molecule has 5 heteroatoms. The molecule has 0 aliphatic rings. The number of aryl methyl sites for hydroxylation is 1. The van der Waals surface area contributed by atoms with Gasteiger partial charge in [0, 0.05) is 16.7 Å². The van der Waals surface area contributed by atoms with Crippen molar-refractivity contribution in [3.63, 3.8) is 0 Å². The van der Waals surface area contributed by atoms with Crippen LogP contribution in [0, 0.1) is 6.92 Å². The summed E-state index contributed by atoms with van der Waals surface area (Å²) in [6, 6.07) is 7.65. The van der Waals surface area contributed by atoms with Gasteiger partial charge in [0.15, 0.2) is 0 Å². The summed E-state index contributed by atoms with van der Waals surface area (Å²) >= 11 is 1.64. The van der Waals surface area contributed by atoms with E-state index in [1.165, 1.54) is 6.20 Å². The summed E-state index contributed by atoms with van der Waals surface area (Å²) in [5, 5.41) is 9.13. The predicted molar refractivity (Wildman–Crippen MR) is 70.9 cm³/mol. The summed E-state index contributed by atoms with van der Waals surface area (Å²) in [6.07, 6.45) is 3.34. The average molecular weight is 260 g/mol. The van der Waals surface area contributed by atoms with E-state index >= 15 is 0 Å². The minimum absolute atomic E-state index is 0.123. The molecule has 0 amide bonds. The molecule has 0 radical (unpaired) electrons. The number of aromatic carboxylic acids is 1. The molecule has 0 fully saturated rings. The Balaban J connectivity index is 2.54. The number of benzene rings is 1. The molecule has 0 spiro atoms. The number of hydrogen-bond acceptors (Lipinski definition) is 4. The summed E-state index contributed by atoms with van der Waals surface area (Å²) in [4.78, 5) is 20.4. The normalized spacial score (nSPS) is 10.3. The van der Waals surface area contributed by atoms with Gasteiger partial charge in [-0.15, -0.1) is 11.8 Å².